The Kier molecular flexibility index (Phi) is 17.3. The summed E-state index contributed by atoms with van der Waals surface area (Å²) >= 11 is 0. The van der Waals surface area contributed by atoms with E-state index in [-0.39, 0.29) is 19.8 Å². The number of methoxy groups -OCH3 is 10. The molecular formula is C27H50O15. The molecule has 0 aliphatic carbocycles. The van der Waals surface area contributed by atoms with E-state index in [1.807, 2.05) is 0 Å². The van der Waals surface area contributed by atoms with Crippen LogP contribution in [0.25, 0.3) is 0 Å². The van der Waals surface area contributed by atoms with E-state index in [1.165, 1.54) is 49.8 Å². The third-order valence-electron chi connectivity index (χ3n) is 7.59. The van der Waals surface area contributed by atoms with Gasteiger partial charge in [0.2, 0.25) is 0 Å². The van der Waals surface area contributed by atoms with E-state index in [0.717, 1.165) is 0 Å². The second-order valence-corrected chi connectivity index (χ2v) is 9.74. The maximum Gasteiger partial charge on any atom is 0.187 e. The Morgan fingerprint density at radius 3 is 1.52 bits per heavy atom. The molecule has 0 aromatic carbocycles. The van der Waals surface area contributed by atoms with Crippen LogP contribution in [0.3, 0.4) is 0 Å². The van der Waals surface area contributed by atoms with Gasteiger partial charge in [-0.05, 0) is 0 Å². The Bertz CT molecular complexity index is 732. The van der Waals surface area contributed by atoms with Crippen molar-refractivity contribution < 1.29 is 71.1 Å². The molecule has 15 heteroatoms. The molecule has 0 amide bonds. The molecule has 248 valence electrons. The van der Waals surface area contributed by atoms with E-state index in [4.69, 9.17) is 66.3 Å². The molecule has 2 aliphatic heterocycles. The van der Waals surface area contributed by atoms with E-state index in [2.05, 4.69) is 0 Å². The monoisotopic (exact) mass is 614 g/mol. The highest BCUT2D eigenvalue weighted by molar-refractivity contribution is 5.57. The fraction of sp³-hybridized carbons (Fsp3) is 0.963. The predicted octanol–water partition coefficient (Wildman–Crippen LogP) is -0.550. The van der Waals surface area contributed by atoms with Crippen LogP contribution in [0.4, 0.5) is 0 Å². The lowest BCUT2D eigenvalue weighted by Gasteiger charge is -2.47. The summed E-state index contributed by atoms with van der Waals surface area (Å²) in [6, 6.07) is 0. The highest BCUT2D eigenvalue weighted by Gasteiger charge is 2.52. The predicted molar refractivity (Wildman–Crippen MR) is 144 cm³/mol. The Morgan fingerprint density at radius 1 is 0.595 bits per heavy atom. The molecule has 42 heavy (non-hydrogen) atoms. The summed E-state index contributed by atoms with van der Waals surface area (Å²) in [5, 5.41) is 0. The molecule has 0 aromatic rings. The van der Waals surface area contributed by atoms with Crippen LogP contribution in [0.1, 0.15) is 0 Å². The van der Waals surface area contributed by atoms with Gasteiger partial charge in [-0.3, -0.25) is 0 Å². The van der Waals surface area contributed by atoms with Crippen molar-refractivity contribution in [3.05, 3.63) is 0 Å². The van der Waals surface area contributed by atoms with Gasteiger partial charge in [-0.2, -0.15) is 0 Å². The van der Waals surface area contributed by atoms with Crippen molar-refractivity contribution >= 4 is 6.29 Å². The van der Waals surface area contributed by atoms with Crippen LogP contribution in [0, 0.1) is 0 Å². The van der Waals surface area contributed by atoms with Gasteiger partial charge in [-0.25, -0.2) is 0 Å². The average molecular weight is 615 g/mol. The van der Waals surface area contributed by atoms with E-state index in [0.29, 0.717) is 6.29 Å². The number of carbonyl (C=O) groups is 1. The van der Waals surface area contributed by atoms with Gasteiger partial charge in [-0.1, -0.05) is 0 Å². The largest absolute Gasteiger partial charge is 0.382 e. The molecule has 0 saturated carbocycles. The number of hydrogen-bond acceptors (Lipinski definition) is 15. The van der Waals surface area contributed by atoms with Crippen LogP contribution in [0.5, 0.6) is 0 Å². The second-order valence-electron chi connectivity index (χ2n) is 9.74. The minimum Gasteiger partial charge on any atom is -0.382 e. The molecule has 13 atom stereocenters. The van der Waals surface area contributed by atoms with Gasteiger partial charge in [0.1, 0.15) is 67.1 Å². The first kappa shape index (κ1) is 37.3. The summed E-state index contributed by atoms with van der Waals surface area (Å²) in [6.45, 7) is 0.349. The van der Waals surface area contributed by atoms with Gasteiger partial charge in [-0.15, -0.1) is 0 Å². The summed E-state index contributed by atoms with van der Waals surface area (Å²) in [5.74, 6) is 0. The van der Waals surface area contributed by atoms with Gasteiger partial charge in [0.15, 0.2) is 18.9 Å². The third-order valence-corrected chi connectivity index (χ3v) is 7.59. The molecular weight excluding hydrogens is 564 g/mol. The van der Waals surface area contributed by atoms with Crippen LogP contribution in [0.2, 0.25) is 0 Å². The van der Waals surface area contributed by atoms with Crippen LogP contribution in [0.15, 0.2) is 0 Å². The minimum absolute atomic E-state index is 0.0230. The molecule has 0 bridgehead atoms. The standard InChI is InChI=1S/C27H50O15/c1-29-12-16(32-4)19(15(11-28)31-3)42-27-25(38-10)23(36-8)21(34-6)18(41-27)14-39-26-24(37-9)22(35-7)20(33-5)17(40-26)13-30-2/h11,15-27H,12-14H2,1-10H3. The number of rotatable bonds is 20. The maximum atomic E-state index is 11.9. The first-order chi connectivity index (χ1) is 20.4. The lowest BCUT2D eigenvalue weighted by atomic mass is 9.97. The normalized spacial score (nSPS) is 36.0. The lowest BCUT2D eigenvalue weighted by Crippen LogP contribution is -2.64. The third kappa shape index (κ3) is 8.85. The summed E-state index contributed by atoms with van der Waals surface area (Å²) in [4.78, 5) is 11.9. The highest BCUT2D eigenvalue weighted by atomic mass is 16.8. The van der Waals surface area contributed by atoms with Crippen LogP contribution < -0.4 is 0 Å². The summed E-state index contributed by atoms with van der Waals surface area (Å²) in [6.07, 6.45) is -8.73. The SMILES string of the molecule is COCC(OC)C(OC1OC(COC2OC(COC)C(OC)C(OC)C2OC)C(OC)C(OC)C1OC)C(C=O)OC. The Balaban J connectivity index is 2.34. The van der Waals surface area contributed by atoms with E-state index < -0.39 is 79.7 Å². The molecule has 15 nitrogen and oxygen atoms in total. The highest BCUT2D eigenvalue weighted by Crippen LogP contribution is 2.32. The molecule has 0 aromatic heterocycles. The number of aldehydes is 1. The molecule has 2 rings (SSSR count). The summed E-state index contributed by atoms with van der Waals surface area (Å²) in [5.41, 5.74) is 0. The molecule has 2 aliphatic rings. The Morgan fingerprint density at radius 2 is 1.10 bits per heavy atom. The van der Waals surface area contributed by atoms with Gasteiger partial charge < -0.3 is 71.1 Å². The van der Waals surface area contributed by atoms with Crippen molar-refractivity contribution in [2.75, 3.05) is 90.9 Å². The van der Waals surface area contributed by atoms with Crippen molar-refractivity contribution in [2.24, 2.45) is 0 Å². The first-order valence-corrected chi connectivity index (χ1v) is 13.6. The Hall–Kier alpha value is -0.890. The first-order valence-electron chi connectivity index (χ1n) is 13.6. The minimum atomic E-state index is -1.05. The van der Waals surface area contributed by atoms with Crippen LogP contribution in [-0.2, 0) is 71.1 Å². The van der Waals surface area contributed by atoms with Gasteiger partial charge in [0.05, 0.1) is 19.8 Å². The number of carbonyl (C=O) groups excluding carboxylic acids is 1. The fourth-order valence-corrected chi connectivity index (χ4v) is 5.49. The number of hydrogen-bond donors (Lipinski definition) is 0. The molecule has 0 radical (unpaired) electrons. The van der Waals surface area contributed by atoms with Crippen molar-refractivity contribution in [3.63, 3.8) is 0 Å². The van der Waals surface area contributed by atoms with Crippen LogP contribution in [-0.4, -0.2) is 177 Å². The molecule has 2 saturated heterocycles. The maximum absolute atomic E-state index is 11.9. The molecule has 13 unspecified atom stereocenters. The molecule has 0 N–H and O–H groups in total. The van der Waals surface area contributed by atoms with Crippen molar-refractivity contribution in [2.45, 2.75) is 79.7 Å². The molecule has 2 heterocycles. The summed E-state index contributed by atoms with van der Waals surface area (Å²) < 4.78 is 81.1. The van der Waals surface area contributed by atoms with E-state index in [9.17, 15) is 4.79 Å². The van der Waals surface area contributed by atoms with Crippen LogP contribution >= 0.6 is 0 Å². The Labute approximate surface area is 248 Å². The van der Waals surface area contributed by atoms with Crippen molar-refractivity contribution in [3.8, 4) is 0 Å². The smallest absolute Gasteiger partial charge is 0.187 e. The van der Waals surface area contributed by atoms with Gasteiger partial charge in [0.25, 0.3) is 0 Å². The zero-order chi connectivity index (χ0) is 31.2. The molecule has 0 spiro atoms. The fourth-order valence-electron chi connectivity index (χ4n) is 5.49. The van der Waals surface area contributed by atoms with E-state index >= 15 is 0 Å². The second kappa shape index (κ2) is 19.5. The van der Waals surface area contributed by atoms with Gasteiger partial charge in [0, 0.05) is 71.1 Å². The lowest BCUT2D eigenvalue weighted by molar-refractivity contribution is -0.350. The van der Waals surface area contributed by atoms with Crippen molar-refractivity contribution in [1.82, 2.24) is 0 Å². The number of ether oxygens (including phenoxy) is 14. The zero-order valence-corrected chi connectivity index (χ0v) is 26.3. The summed E-state index contributed by atoms with van der Waals surface area (Å²) in [7, 11) is 15.2. The topological polar surface area (TPSA) is 146 Å². The van der Waals surface area contributed by atoms with Crippen molar-refractivity contribution in [1.29, 1.82) is 0 Å². The molecule has 2 fully saturated rings. The zero-order valence-electron chi connectivity index (χ0n) is 26.3. The quantitative estimate of drug-likeness (QED) is 0.162. The van der Waals surface area contributed by atoms with E-state index in [1.54, 1.807) is 21.3 Å². The van der Waals surface area contributed by atoms with Gasteiger partial charge >= 0.3 is 0 Å². The average Bonchev–Trinajstić information content (AvgIpc) is 3.01.